The van der Waals surface area contributed by atoms with Gasteiger partial charge in [-0.05, 0) is 11.8 Å². The maximum atomic E-state index is 9.60. The minimum absolute atomic E-state index is 0.944. The summed E-state index contributed by atoms with van der Waals surface area (Å²) in [6, 6.07) is 0. The SMILES string of the molecule is CC[P+](N(C)C)(N(C)C)N(C)O. The highest BCUT2D eigenvalue weighted by molar-refractivity contribution is 7.68. The summed E-state index contributed by atoms with van der Waals surface area (Å²) in [5, 5.41) is 9.60. The van der Waals surface area contributed by atoms with E-state index in [-0.39, 0.29) is 0 Å². The van der Waals surface area contributed by atoms with Gasteiger partial charge in [-0.1, -0.05) is 0 Å². The van der Waals surface area contributed by atoms with Crippen LogP contribution in [0.3, 0.4) is 0 Å². The van der Waals surface area contributed by atoms with E-state index in [2.05, 4.69) is 16.3 Å². The van der Waals surface area contributed by atoms with Crippen molar-refractivity contribution in [3.05, 3.63) is 0 Å². The third-order valence-corrected chi connectivity index (χ3v) is 6.51. The van der Waals surface area contributed by atoms with Gasteiger partial charge in [-0.25, -0.2) is 0 Å². The monoisotopic (exact) mass is 194 g/mol. The Morgan fingerprint density at radius 1 is 1.00 bits per heavy atom. The molecule has 0 aliphatic heterocycles. The van der Waals surface area contributed by atoms with Crippen molar-refractivity contribution in [3.8, 4) is 0 Å². The van der Waals surface area contributed by atoms with Gasteiger partial charge in [0.1, 0.15) is 6.16 Å². The van der Waals surface area contributed by atoms with Gasteiger partial charge in [0, 0.05) is 28.2 Å². The predicted molar refractivity (Wildman–Crippen MR) is 54.4 cm³/mol. The van der Waals surface area contributed by atoms with Gasteiger partial charge < -0.3 is 0 Å². The Morgan fingerprint density at radius 3 is 1.33 bits per heavy atom. The van der Waals surface area contributed by atoms with Gasteiger partial charge in [-0.3, -0.25) is 5.21 Å². The Balaban J connectivity index is 4.77. The molecule has 0 unspecified atom stereocenters. The molecule has 0 rings (SSSR count). The van der Waals surface area contributed by atoms with Crippen LogP contribution in [0.15, 0.2) is 0 Å². The predicted octanol–water partition coefficient (Wildman–Crippen LogP) is 1.21. The fraction of sp³-hybridized carbons (Fsp3) is 1.00. The Labute approximate surface area is 76.2 Å². The lowest BCUT2D eigenvalue weighted by atomic mass is 11.0. The summed E-state index contributed by atoms with van der Waals surface area (Å²) in [6.07, 6.45) is 0.944. The van der Waals surface area contributed by atoms with E-state index in [1.54, 1.807) is 7.05 Å². The maximum Gasteiger partial charge on any atom is 0.252 e. The summed E-state index contributed by atoms with van der Waals surface area (Å²) in [5.74, 6) is 0. The van der Waals surface area contributed by atoms with Crippen LogP contribution in [0.2, 0.25) is 0 Å². The van der Waals surface area contributed by atoms with Gasteiger partial charge in [0.25, 0.3) is 7.71 Å². The van der Waals surface area contributed by atoms with Crippen LogP contribution in [-0.4, -0.2) is 60.8 Å². The summed E-state index contributed by atoms with van der Waals surface area (Å²) in [7, 11) is 8.10. The third kappa shape index (κ3) is 1.95. The molecule has 12 heavy (non-hydrogen) atoms. The Kier molecular flexibility index (Phi) is 4.59. The van der Waals surface area contributed by atoms with Gasteiger partial charge >= 0.3 is 0 Å². The largest absolute Gasteiger partial charge is 0.280 e. The van der Waals surface area contributed by atoms with Crippen molar-refractivity contribution in [1.29, 1.82) is 0 Å². The van der Waals surface area contributed by atoms with Crippen molar-refractivity contribution in [3.63, 3.8) is 0 Å². The quantitative estimate of drug-likeness (QED) is 0.538. The fourth-order valence-corrected chi connectivity index (χ4v) is 4.94. The van der Waals surface area contributed by atoms with E-state index in [9.17, 15) is 5.21 Å². The smallest absolute Gasteiger partial charge is 0.252 e. The summed E-state index contributed by atoms with van der Waals surface area (Å²) in [5.41, 5.74) is 0. The van der Waals surface area contributed by atoms with Crippen molar-refractivity contribution >= 4 is 7.71 Å². The van der Waals surface area contributed by atoms with Crippen LogP contribution in [0.1, 0.15) is 6.92 Å². The standard InChI is InChI=1S/C7H21N3OP/c1-7-12(8(2)3,9(4)5)10(6)11/h11H,7H2,1-6H3/q+1. The van der Waals surface area contributed by atoms with Gasteiger partial charge in [0.15, 0.2) is 0 Å². The van der Waals surface area contributed by atoms with E-state index in [0.717, 1.165) is 6.16 Å². The van der Waals surface area contributed by atoms with Crippen LogP contribution < -0.4 is 0 Å². The average molecular weight is 194 g/mol. The molecule has 74 valence electrons. The summed E-state index contributed by atoms with van der Waals surface area (Å²) >= 11 is 0. The van der Waals surface area contributed by atoms with E-state index in [1.807, 2.05) is 28.2 Å². The molecule has 0 amide bonds. The Bertz CT molecular complexity index is 117. The first-order chi connectivity index (χ1) is 5.39. The molecular formula is C7H21N3OP+. The highest BCUT2D eigenvalue weighted by Crippen LogP contribution is 2.62. The van der Waals surface area contributed by atoms with E-state index < -0.39 is 7.71 Å². The highest BCUT2D eigenvalue weighted by atomic mass is 31.2. The minimum Gasteiger partial charge on any atom is -0.280 e. The van der Waals surface area contributed by atoms with E-state index in [4.69, 9.17) is 0 Å². The molecule has 0 saturated heterocycles. The highest BCUT2D eigenvalue weighted by Gasteiger charge is 2.47. The van der Waals surface area contributed by atoms with Crippen molar-refractivity contribution < 1.29 is 5.21 Å². The Morgan fingerprint density at radius 2 is 1.33 bits per heavy atom. The van der Waals surface area contributed by atoms with Gasteiger partial charge in [-0.15, -0.1) is 0 Å². The minimum atomic E-state index is -1.64. The molecule has 0 aromatic heterocycles. The molecule has 0 bridgehead atoms. The van der Waals surface area contributed by atoms with Crippen molar-refractivity contribution in [2.45, 2.75) is 6.92 Å². The second-order valence-corrected chi connectivity index (χ2v) is 7.39. The number of rotatable bonds is 4. The van der Waals surface area contributed by atoms with Crippen LogP contribution in [0.25, 0.3) is 0 Å². The summed E-state index contributed by atoms with van der Waals surface area (Å²) < 4.78 is 4.21. The molecule has 0 fully saturated rings. The Hall–Kier alpha value is 0.270. The third-order valence-electron chi connectivity index (χ3n) is 2.17. The first-order valence-electron chi connectivity index (χ1n) is 4.06. The van der Waals surface area contributed by atoms with Crippen LogP contribution in [0.4, 0.5) is 0 Å². The zero-order valence-corrected chi connectivity index (χ0v) is 9.84. The average Bonchev–Trinajstić information content (AvgIpc) is 1.86. The zero-order chi connectivity index (χ0) is 9.94. The number of nitrogens with zero attached hydrogens (tertiary/aromatic N) is 3. The van der Waals surface area contributed by atoms with Crippen LogP contribution in [-0.2, 0) is 0 Å². The van der Waals surface area contributed by atoms with Crippen LogP contribution in [0, 0.1) is 0 Å². The first kappa shape index (κ1) is 12.3. The lowest BCUT2D eigenvalue weighted by Gasteiger charge is -2.37. The van der Waals surface area contributed by atoms with Crippen molar-refractivity contribution in [2.75, 3.05) is 41.4 Å². The molecule has 0 heterocycles. The second kappa shape index (κ2) is 4.49. The fourth-order valence-electron chi connectivity index (χ4n) is 1.65. The molecule has 0 radical (unpaired) electrons. The number of hydrogen-bond donors (Lipinski definition) is 1. The summed E-state index contributed by atoms with van der Waals surface area (Å²) in [6.45, 7) is 2.10. The zero-order valence-electron chi connectivity index (χ0n) is 8.94. The molecular weight excluding hydrogens is 173 g/mol. The number of hydrogen-bond acceptors (Lipinski definition) is 4. The normalized spacial score (nSPS) is 13.5. The van der Waals surface area contributed by atoms with E-state index >= 15 is 0 Å². The van der Waals surface area contributed by atoms with Gasteiger partial charge in [-0.2, -0.15) is 9.34 Å². The van der Waals surface area contributed by atoms with Crippen molar-refractivity contribution in [1.82, 2.24) is 14.2 Å². The molecule has 0 spiro atoms. The molecule has 0 aliphatic rings. The van der Waals surface area contributed by atoms with E-state index in [0.29, 0.717) is 0 Å². The molecule has 4 nitrogen and oxygen atoms in total. The molecule has 0 atom stereocenters. The second-order valence-electron chi connectivity index (χ2n) is 3.19. The molecule has 0 aliphatic carbocycles. The molecule has 5 heteroatoms. The van der Waals surface area contributed by atoms with Crippen LogP contribution in [0.5, 0.6) is 0 Å². The van der Waals surface area contributed by atoms with E-state index in [1.165, 1.54) is 4.83 Å². The summed E-state index contributed by atoms with van der Waals surface area (Å²) in [4.78, 5) is 1.35. The molecule has 1 N–H and O–H groups in total. The number of hydroxylamine groups is 1. The lowest BCUT2D eigenvalue weighted by Crippen LogP contribution is -2.37. The van der Waals surface area contributed by atoms with Gasteiger partial charge in [0.2, 0.25) is 0 Å². The van der Waals surface area contributed by atoms with Crippen molar-refractivity contribution in [2.24, 2.45) is 0 Å². The molecule has 0 aromatic rings. The van der Waals surface area contributed by atoms with Crippen LogP contribution >= 0.6 is 7.71 Å². The maximum absolute atomic E-state index is 9.60. The topological polar surface area (TPSA) is 30.0 Å². The first-order valence-corrected chi connectivity index (χ1v) is 5.89. The molecule has 0 aromatic carbocycles. The molecule has 0 saturated carbocycles. The van der Waals surface area contributed by atoms with Gasteiger partial charge in [0.05, 0.1) is 7.05 Å². The lowest BCUT2D eigenvalue weighted by molar-refractivity contribution is 0.0181.